The molecule has 0 unspecified atom stereocenters. The van der Waals surface area contributed by atoms with Crippen LogP contribution < -0.4 is 5.32 Å². The van der Waals surface area contributed by atoms with E-state index in [4.69, 9.17) is 5.11 Å². The molecule has 2 aromatic rings. The predicted molar refractivity (Wildman–Crippen MR) is 63.4 cm³/mol. The number of carbonyl (C=O) groups is 1. The summed E-state index contributed by atoms with van der Waals surface area (Å²) in [7, 11) is 0. The van der Waals surface area contributed by atoms with E-state index in [9.17, 15) is 9.18 Å². The van der Waals surface area contributed by atoms with Gasteiger partial charge in [-0.15, -0.1) is 0 Å². The largest absolute Gasteiger partial charge is 0.476 e. The molecule has 6 heteroatoms. The number of aromatic nitrogens is 2. The zero-order valence-electron chi connectivity index (χ0n) is 9.51. The Hall–Kier alpha value is -2.50. The molecule has 92 valence electrons. The molecule has 1 aromatic carbocycles. The summed E-state index contributed by atoms with van der Waals surface area (Å²) in [6.45, 7) is 1.78. The first-order chi connectivity index (χ1) is 8.56. The van der Waals surface area contributed by atoms with Crippen LogP contribution in [0.25, 0.3) is 0 Å². The maximum absolute atomic E-state index is 13.6. The lowest BCUT2D eigenvalue weighted by molar-refractivity contribution is 0.0690. The van der Waals surface area contributed by atoms with Gasteiger partial charge in [-0.2, -0.15) is 0 Å². The summed E-state index contributed by atoms with van der Waals surface area (Å²) in [6, 6.07) is 4.66. The van der Waals surface area contributed by atoms with Crippen LogP contribution in [0.1, 0.15) is 16.1 Å². The van der Waals surface area contributed by atoms with Crippen molar-refractivity contribution in [2.75, 3.05) is 5.32 Å². The Labute approximate surface area is 102 Å². The molecule has 0 aliphatic rings. The third-order valence-electron chi connectivity index (χ3n) is 2.24. The minimum atomic E-state index is -1.18. The monoisotopic (exact) mass is 247 g/mol. The van der Waals surface area contributed by atoms with Gasteiger partial charge in [-0.3, -0.25) is 4.98 Å². The highest BCUT2D eigenvalue weighted by Crippen LogP contribution is 2.19. The van der Waals surface area contributed by atoms with Gasteiger partial charge in [0.1, 0.15) is 11.6 Å². The summed E-state index contributed by atoms with van der Waals surface area (Å²) in [5, 5.41) is 11.4. The van der Waals surface area contributed by atoms with Gasteiger partial charge in [0.15, 0.2) is 5.69 Å². The van der Waals surface area contributed by atoms with E-state index in [1.165, 1.54) is 12.3 Å². The molecule has 5 nitrogen and oxygen atoms in total. The number of hydrogen-bond acceptors (Lipinski definition) is 4. The normalized spacial score (nSPS) is 10.1. The summed E-state index contributed by atoms with van der Waals surface area (Å²) in [5.41, 5.74) is 0.813. The molecular formula is C12H10FN3O2. The number of nitrogens with one attached hydrogen (secondary N) is 1. The Morgan fingerprint density at radius 1 is 1.39 bits per heavy atom. The van der Waals surface area contributed by atoms with Crippen molar-refractivity contribution in [1.29, 1.82) is 0 Å². The molecule has 0 aliphatic heterocycles. The molecule has 0 aliphatic carbocycles. The van der Waals surface area contributed by atoms with Crippen LogP contribution in [0, 0.1) is 12.7 Å². The zero-order chi connectivity index (χ0) is 13.1. The number of benzene rings is 1. The molecule has 0 spiro atoms. The van der Waals surface area contributed by atoms with E-state index in [0.717, 1.165) is 11.8 Å². The first kappa shape index (κ1) is 12.0. The molecule has 2 rings (SSSR count). The van der Waals surface area contributed by atoms with E-state index in [1.54, 1.807) is 19.1 Å². The van der Waals surface area contributed by atoms with Gasteiger partial charge in [-0.1, -0.05) is 6.07 Å². The highest BCUT2D eigenvalue weighted by molar-refractivity contribution is 5.85. The van der Waals surface area contributed by atoms with E-state index in [2.05, 4.69) is 15.3 Å². The van der Waals surface area contributed by atoms with Gasteiger partial charge >= 0.3 is 5.97 Å². The Morgan fingerprint density at radius 2 is 2.17 bits per heavy atom. The molecule has 2 N–H and O–H groups in total. The maximum Gasteiger partial charge on any atom is 0.356 e. The van der Waals surface area contributed by atoms with E-state index in [0.29, 0.717) is 0 Å². The SMILES string of the molecule is Cc1ccc(Nc2cncc(C(=O)O)n2)c(F)c1. The van der Waals surface area contributed by atoms with Crippen molar-refractivity contribution < 1.29 is 14.3 Å². The summed E-state index contributed by atoms with van der Waals surface area (Å²) < 4.78 is 13.6. The van der Waals surface area contributed by atoms with Gasteiger partial charge in [0, 0.05) is 0 Å². The van der Waals surface area contributed by atoms with Crippen molar-refractivity contribution in [3.63, 3.8) is 0 Å². The molecule has 1 aromatic heterocycles. The van der Waals surface area contributed by atoms with E-state index >= 15 is 0 Å². The summed E-state index contributed by atoms with van der Waals surface area (Å²) in [5.74, 6) is -1.44. The van der Waals surface area contributed by atoms with E-state index < -0.39 is 11.8 Å². The smallest absolute Gasteiger partial charge is 0.356 e. The lowest BCUT2D eigenvalue weighted by Gasteiger charge is -2.07. The Balaban J connectivity index is 2.28. The summed E-state index contributed by atoms with van der Waals surface area (Å²) in [4.78, 5) is 18.2. The molecular weight excluding hydrogens is 237 g/mol. The third-order valence-corrected chi connectivity index (χ3v) is 2.24. The second-order valence-corrected chi connectivity index (χ2v) is 3.70. The van der Waals surface area contributed by atoms with Gasteiger partial charge in [-0.25, -0.2) is 14.2 Å². The number of halogens is 1. The number of nitrogens with zero attached hydrogens (tertiary/aromatic N) is 2. The molecule has 1 heterocycles. The number of aryl methyl sites for hydroxylation is 1. The molecule has 0 saturated heterocycles. The van der Waals surface area contributed by atoms with Crippen LogP contribution in [-0.2, 0) is 0 Å². The Kier molecular flexibility index (Phi) is 3.18. The highest BCUT2D eigenvalue weighted by Gasteiger charge is 2.08. The zero-order valence-corrected chi connectivity index (χ0v) is 9.51. The van der Waals surface area contributed by atoms with Crippen LogP contribution in [0.2, 0.25) is 0 Å². The molecule has 0 atom stereocenters. The fourth-order valence-corrected chi connectivity index (χ4v) is 1.39. The van der Waals surface area contributed by atoms with Crippen molar-refractivity contribution in [3.8, 4) is 0 Å². The first-order valence-electron chi connectivity index (χ1n) is 5.15. The molecule has 18 heavy (non-hydrogen) atoms. The third kappa shape index (κ3) is 2.60. The van der Waals surface area contributed by atoms with Gasteiger partial charge < -0.3 is 10.4 Å². The van der Waals surface area contributed by atoms with Crippen LogP contribution in [0.3, 0.4) is 0 Å². The molecule has 0 radical (unpaired) electrons. The van der Waals surface area contributed by atoms with Gasteiger partial charge in [0.2, 0.25) is 0 Å². The number of aromatic carboxylic acids is 1. The number of hydrogen-bond donors (Lipinski definition) is 2. The number of rotatable bonds is 3. The standard InChI is InChI=1S/C12H10FN3O2/c1-7-2-3-9(8(13)4-7)15-11-6-14-5-10(16-11)12(17)18/h2-6H,1H3,(H,15,16)(H,17,18). The fraction of sp³-hybridized carbons (Fsp3) is 0.0833. The van der Waals surface area contributed by atoms with E-state index in [1.807, 2.05) is 0 Å². The first-order valence-corrected chi connectivity index (χ1v) is 5.15. The van der Waals surface area contributed by atoms with Gasteiger partial charge in [0.05, 0.1) is 18.1 Å². The van der Waals surface area contributed by atoms with Crippen molar-refractivity contribution in [2.24, 2.45) is 0 Å². The Bertz CT molecular complexity index is 602. The lowest BCUT2D eigenvalue weighted by atomic mass is 10.2. The van der Waals surface area contributed by atoms with Gasteiger partial charge in [0.25, 0.3) is 0 Å². The predicted octanol–water partition coefficient (Wildman–Crippen LogP) is 2.37. The topological polar surface area (TPSA) is 75.1 Å². The van der Waals surface area contributed by atoms with Crippen molar-refractivity contribution >= 4 is 17.5 Å². The van der Waals surface area contributed by atoms with Crippen molar-refractivity contribution in [2.45, 2.75) is 6.92 Å². The molecule has 0 amide bonds. The van der Waals surface area contributed by atoms with E-state index in [-0.39, 0.29) is 17.2 Å². The molecule has 0 saturated carbocycles. The van der Waals surface area contributed by atoms with Crippen molar-refractivity contribution in [1.82, 2.24) is 9.97 Å². The molecule has 0 fully saturated rings. The average Bonchev–Trinajstić information content (AvgIpc) is 2.33. The summed E-state index contributed by atoms with van der Waals surface area (Å²) >= 11 is 0. The molecule has 0 bridgehead atoms. The maximum atomic E-state index is 13.6. The van der Waals surface area contributed by atoms with Crippen LogP contribution >= 0.6 is 0 Å². The minimum Gasteiger partial charge on any atom is -0.476 e. The van der Waals surface area contributed by atoms with Crippen LogP contribution in [0.5, 0.6) is 0 Å². The fourth-order valence-electron chi connectivity index (χ4n) is 1.39. The number of anilines is 2. The van der Waals surface area contributed by atoms with Gasteiger partial charge in [-0.05, 0) is 24.6 Å². The number of carboxylic acids is 1. The second kappa shape index (κ2) is 4.79. The highest BCUT2D eigenvalue weighted by atomic mass is 19.1. The minimum absolute atomic E-state index is 0.178. The van der Waals surface area contributed by atoms with Crippen molar-refractivity contribution in [3.05, 3.63) is 47.7 Å². The summed E-state index contributed by atoms with van der Waals surface area (Å²) in [6.07, 6.45) is 2.45. The Morgan fingerprint density at radius 3 is 2.83 bits per heavy atom. The average molecular weight is 247 g/mol. The number of carboxylic acid groups (broad SMARTS) is 1. The van der Waals surface area contributed by atoms with Crippen LogP contribution in [-0.4, -0.2) is 21.0 Å². The van der Waals surface area contributed by atoms with Crippen LogP contribution in [0.15, 0.2) is 30.6 Å². The lowest BCUT2D eigenvalue weighted by Crippen LogP contribution is -2.04. The quantitative estimate of drug-likeness (QED) is 0.870. The van der Waals surface area contributed by atoms with Crippen LogP contribution in [0.4, 0.5) is 15.9 Å². The second-order valence-electron chi connectivity index (χ2n) is 3.70.